The van der Waals surface area contributed by atoms with Gasteiger partial charge in [-0.05, 0) is 0 Å². The first-order valence-electron chi connectivity index (χ1n) is 3.40. The third-order valence-corrected chi connectivity index (χ3v) is 1.21. The number of rotatable bonds is 3. The zero-order valence-electron chi connectivity index (χ0n) is 6.92. The molecule has 0 bridgehead atoms. The minimum atomic E-state index is -0.487. The van der Waals surface area contributed by atoms with Crippen molar-refractivity contribution < 1.29 is 14.7 Å². The van der Waals surface area contributed by atoms with Crippen molar-refractivity contribution >= 4 is 11.6 Å². The lowest BCUT2D eigenvalue weighted by molar-refractivity contribution is -0.119. The first kappa shape index (κ1) is 9.88. The van der Waals surface area contributed by atoms with Crippen LogP contribution in [-0.4, -0.2) is 16.7 Å². The third-order valence-electron chi connectivity index (χ3n) is 1.21. The van der Waals surface area contributed by atoms with E-state index in [1.807, 2.05) is 0 Å². The number of hydrogen-bond acceptors (Lipinski definition) is 3. The van der Waals surface area contributed by atoms with Crippen LogP contribution >= 0.6 is 0 Å². The monoisotopic (exact) mass is 156 g/mol. The Morgan fingerprint density at radius 3 is 2.09 bits per heavy atom. The summed E-state index contributed by atoms with van der Waals surface area (Å²) in [5, 5.41) is 8.84. The van der Waals surface area contributed by atoms with Crippen LogP contribution in [0, 0.1) is 5.92 Å². The molecule has 0 saturated carbocycles. The van der Waals surface area contributed by atoms with Gasteiger partial charge < -0.3 is 5.11 Å². The van der Waals surface area contributed by atoms with Gasteiger partial charge in [-0.1, -0.05) is 13.8 Å². The van der Waals surface area contributed by atoms with Crippen LogP contribution < -0.4 is 0 Å². The maximum Gasteiger partial charge on any atom is 0.194 e. The van der Waals surface area contributed by atoms with E-state index in [1.165, 1.54) is 6.92 Å². The Labute approximate surface area is 65.7 Å². The standard InChI is InChI=1S/C8H12O3/c1-5(2)7(10)4-8(11)6(3)9/h4-5,11H,1-3H3/b8-4+. The molecular formula is C8H12O3. The summed E-state index contributed by atoms with van der Waals surface area (Å²) >= 11 is 0. The highest BCUT2D eigenvalue weighted by atomic mass is 16.3. The summed E-state index contributed by atoms with van der Waals surface area (Å²) in [4.78, 5) is 21.3. The van der Waals surface area contributed by atoms with Gasteiger partial charge in [-0.25, -0.2) is 0 Å². The van der Waals surface area contributed by atoms with Gasteiger partial charge in [0.15, 0.2) is 17.3 Å². The number of ketones is 2. The lowest BCUT2D eigenvalue weighted by Gasteiger charge is -1.97. The molecule has 0 heterocycles. The van der Waals surface area contributed by atoms with E-state index in [2.05, 4.69) is 0 Å². The van der Waals surface area contributed by atoms with Crippen LogP contribution in [0.3, 0.4) is 0 Å². The van der Waals surface area contributed by atoms with Crippen molar-refractivity contribution in [2.45, 2.75) is 20.8 Å². The van der Waals surface area contributed by atoms with Crippen LogP contribution in [0.25, 0.3) is 0 Å². The Bertz CT molecular complexity index is 201. The second-order valence-electron chi connectivity index (χ2n) is 2.64. The number of carbonyl (C=O) groups is 2. The summed E-state index contributed by atoms with van der Waals surface area (Å²) in [6.45, 7) is 4.61. The number of aliphatic hydroxyl groups excluding tert-OH is 1. The van der Waals surface area contributed by atoms with E-state index >= 15 is 0 Å². The molecule has 0 atom stereocenters. The summed E-state index contributed by atoms with van der Waals surface area (Å²) in [5.74, 6) is -1.38. The first-order valence-corrected chi connectivity index (χ1v) is 3.40. The summed E-state index contributed by atoms with van der Waals surface area (Å²) in [6, 6.07) is 0. The number of aliphatic hydroxyl groups is 1. The lowest BCUT2D eigenvalue weighted by atomic mass is 10.1. The average Bonchev–Trinajstić information content (AvgIpc) is 1.87. The van der Waals surface area contributed by atoms with Crippen molar-refractivity contribution in [2.24, 2.45) is 5.92 Å². The predicted molar refractivity (Wildman–Crippen MR) is 41.2 cm³/mol. The summed E-state index contributed by atoms with van der Waals surface area (Å²) < 4.78 is 0. The number of carbonyl (C=O) groups excluding carboxylic acids is 2. The van der Waals surface area contributed by atoms with Crippen LogP contribution in [0.1, 0.15) is 20.8 Å². The van der Waals surface area contributed by atoms with Crippen LogP contribution in [0.4, 0.5) is 0 Å². The zero-order chi connectivity index (χ0) is 9.02. The van der Waals surface area contributed by atoms with E-state index < -0.39 is 11.5 Å². The number of hydrogen-bond donors (Lipinski definition) is 1. The van der Waals surface area contributed by atoms with E-state index in [4.69, 9.17) is 5.11 Å². The minimum Gasteiger partial charge on any atom is -0.504 e. The number of allylic oxidation sites excluding steroid dienone is 2. The molecule has 0 aromatic rings. The van der Waals surface area contributed by atoms with Crippen molar-refractivity contribution in [1.29, 1.82) is 0 Å². The van der Waals surface area contributed by atoms with Crippen molar-refractivity contribution in [3.05, 3.63) is 11.8 Å². The van der Waals surface area contributed by atoms with Crippen molar-refractivity contribution in [3.63, 3.8) is 0 Å². The summed E-state index contributed by atoms with van der Waals surface area (Å²) in [6.07, 6.45) is 0.965. The average molecular weight is 156 g/mol. The summed E-state index contributed by atoms with van der Waals surface area (Å²) in [5.41, 5.74) is 0. The maximum absolute atomic E-state index is 10.9. The van der Waals surface area contributed by atoms with Crippen molar-refractivity contribution in [1.82, 2.24) is 0 Å². The lowest BCUT2D eigenvalue weighted by Crippen LogP contribution is -2.06. The molecule has 3 nitrogen and oxygen atoms in total. The molecule has 0 saturated heterocycles. The van der Waals surface area contributed by atoms with Gasteiger partial charge in [0.05, 0.1) is 0 Å². The Morgan fingerprint density at radius 1 is 1.36 bits per heavy atom. The van der Waals surface area contributed by atoms with Crippen LogP contribution in [0.15, 0.2) is 11.8 Å². The fourth-order valence-corrected chi connectivity index (χ4v) is 0.403. The molecule has 3 heteroatoms. The molecule has 0 aliphatic heterocycles. The van der Waals surface area contributed by atoms with Crippen LogP contribution in [-0.2, 0) is 9.59 Å². The van der Waals surface area contributed by atoms with Gasteiger partial charge >= 0.3 is 0 Å². The van der Waals surface area contributed by atoms with Crippen molar-refractivity contribution in [2.75, 3.05) is 0 Å². The van der Waals surface area contributed by atoms with Gasteiger partial charge in [-0.3, -0.25) is 9.59 Å². The SMILES string of the molecule is CC(=O)/C(O)=C\C(=O)C(C)C. The fourth-order valence-electron chi connectivity index (χ4n) is 0.403. The molecule has 0 rings (SSSR count). The van der Waals surface area contributed by atoms with Gasteiger partial charge in [-0.15, -0.1) is 0 Å². The quantitative estimate of drug-likeness (QED) is 0.494. The topological polar surface area (TPSA) is 54.4 Å². The minimum absolute atomic E-state index is 0.184. The molecule has 0 unspecified atom stereocenters. The molecule has 0 spiro atoms. The molecule has 0 aromatic heterocycles. The van der Waals surface area contributed by atoms with Crippen LogP contribution in [0.2, 0.25) is 0 Å². The Balaban J connectivity index is 4.32. The summed E-state index contributed by atoms with van der Waals surface area (Å²) in [7, 11) is 0. The first-order chi connectivity index (χ1) is 4.95. The highest BCUT2D eigenvalue weighted by Crippen LogP contribution is 1.98. The normalized spacial score (nSPS) is 11.8. The van der Waals surface area contributed by atoms with Gasteiger partial charge in [0.25, 0.3) is 0 Å². The molecule has 0 radical (unpaired) electrons. The Morgan fingerprint density at radius 2 is 1.82 bits per heavy atom. The smallest absolute Gasteiger partial charge is 0.194 e. The highest BCUT2D eigenvalue weighted by Gasteiger charge is 2.07. The molecule has 0 aliphatic carbocycles. The molecule has 0 amide bonds. The maximum atomic E-state index is 10.9. The van der Waals surface area contributed by atoms with Gasteiger partial charge in [0.1, 0.15) is 0 Å². The Kier molecular flexibility index (Phi) is 3.51. The molecule has 1 N–H and O–H groups in total. The second-order valence-corrected chi connectivity index (χ2v) is 2.64. The van der Waals surface area contributed by atoms with Gasteiger partial charge in [-0.2, -0.15) is 0 Å². The number of Topliss-reactive ketones (excluding diaryl/α,β-unsaturated/α-hetero) is 1. The largest absolute Gasteiger partial charge is 0.504 e. The molecule has 0 aliphatic rings. The Hall–Kier alpha value is -1.12. The van der Waals surface area contributed by atoms with Gasteiger partial charge in [0.2, 0.25) is 0 Å². The molecule has 0 fully saturated rings. The fraction of sp³-hybridized carbons (Fsp3) is 0.500. The molecular weight excluding hydrogens is 144 g/mol. The van der Waals surface area contributed by atoms with E-state index in [1.54, 1.807) is 13.8 Å². The van der Waals surface area contributed by atoms with E-state index in [0.29, 0.717) is 0 Å². The molecule has 0 aromatic carbocycles. The molecule has 62 valence electrons. The zero-order valence-corrected chi connectivity index (χ0v) is 6.92. The van der Waals surface area contributed by atoms with E-state index in [0.717, 1.165) is 6.08 Å². The van der Waals surface area contributed by atoms with Crippen LogP contribution in [0.5, 0.6) is 0 Å². The highest BCUT2D eigenvalue weighted by molar-refractivity contribution is 6.00. The van der Waals surface area contributed by atoms with Crippen molar-refractivity contribution in [3.8, 4) is 0 Å². The third kappa shape index (κ3) is 3.55. The molecule has 11 heavy (non-hydrogen) atoms. The van der Waals surface area contributed by atoms with E-state index in [-0.39, 0.29) is 11.7 Å². The van der Waals surface area contributed by atoms with E-state index in [9.17, 15) is 9.59 Å². The predicted octanol–water partition coefficient (Wildman–Crippen LogP) is 1.24. The van der Waals surface area contributed by atoms with Gasteiger partial charge in [0, 0.05) is 18.9 Å². The second kappa shape index (κ2) is 3.91.